The number of halogens is 1. The Morgan fingerprint density at radius 2 is 1.89 bits per heavy atom. The van der Waals surface area contributed by atoms with Gasteiger partial charge in [0.2, 0.25) is 0 Å². The van der Waals surface area contributed by atoms with Crippen LogP contribution in [0.5, 0.6) is 5.75 Å². The van der Waals surface area contributed by atoms with Gasteiger partial charge in [0.25, 0.3) is 0 Å². The van der Waals surface area contributed by atoms with Crippen LogP contribution in [0.4, 0.5) is 5.82 Å². The molecule has 5 heteroatoms. The molecule has 1 aromatic heterocycles. The maximum absolute atomic E-state index is 5.85. The quantitative estimate of drug-likeness (QED) is 0.860. The third-order valence-electron chi connectivity index (χ3n) is 2.47. The Kier molecular flexibility index (Phi) is 4.00. The van der Waals surface area contributed by atoms with Crippen molar-refractivity contribution in [1.29, 1.82) is 0 Å². The van der Waals surface area contributed by atoms with Crippen LogP contribution in [0, 0.1) is 10.5 Å². The second-order valence-corrected chi connectivity index (χ2v) is 4.87. The molecule has 1 heterocycles. The summed E-state index contributed by atoms with van der Waals surface area (Å²) in [5.41, 5.74) is 7.68. The predicted octanol–water partition coefficient (Wildman–Crippen LogP) is 3.04. The second-order valence-electron chi connectivity index (χ2n) is 3.79. The molecule has 18 heavy (non-hydrogen) atoms. The molecule has 94 valence electrons. The molecule has 2 rings (SSSR count). The molecule has 0 bridgehead atoms. The highest BCUT2D eigenvalue weighted by Gasteiger charge is 2.08. The summed E-state index contributed by atoms with van der Waals surface area (Å²) in [6, 6.07) is 7.69. The molecule has 0 amide bonds. The van der Waals surface area contributed by atoms with E-state index in [1.54, 1.807) is 0 Å². The minimum absolute atomic E-state index is 0.520. The summed E-state index contributed by atoms with van der Waals surface area (Å²) >= 11 is 2.15. The van der Waals surface area contributed by atoms with E-state index < -0.39 is 0 Å². The first-order chi connectivity index (χ1) is 8.61. The van der Waals surface area contributed by atoms with Gasteiger partial charge >= 0.3 is 0 Å². The van der Waals surface area contributed by atoms with Gasteiger partial charge in [-0.05, 0) is 60.7 Å². The Hall–Kier alpha value is -1.37. The van der Waals surface area contributed by atoms with Crippen LogP contribution in [0.3, 0.4) is 0 Å². The van der Waals surface area contributed by atoms with Crippen molar-refractivity contribution >= 4 is 28.4 Å². The molecular weight excluding hydrogens is 341 g/mol. The Morgan fingerprint density at radius 1 is 1.22 bits per heavy atom. The largest absolute Gasteiger partial charge is 0.494 e. The lowest BCUT2D eigenvalue weighted by Crippen LogP contribution is -2.02. The first kappa shape index (κ1) is 13.1. The van der Waals surface area contributed by atoms with Gasteiger partial charge in [-0.2, -0.15) is 0 Å². The van der Waals surface area contributed by atoms with Gasteiger partial charge < -0.3 is 10.5 Å². The highest BCUT2D eigenvalue weighted by atomic mass is 127. The first-order valence-electron chi connectivity index (χ1n) is 5.64. The zero-order chi connectivity index (χ0) is 13.1. The molecule has 0 fully saturated rings. The lowest BCUT2D eigenvalue weighted by molar-refractivity contribution is 0.340. The van der Waals surface area contributed by atoms with E-state index in [0.29, 0.717) is 18.2 Å². The van der Waals surface area contributed by atoms with Crippen molar-refractivity contribution in [2.75, 3.05) is 12.3 Å². The molecule has 2 N–H and O–H groups in total. The predicted molar refractivity (Wildman–Crippen MR) is 80.5 cm³/mol. The van der Waals surface area contributed by atoms with Gasteiger partial charge in [-0.15, -0.1) is 0 Å². The van der Waals surface area contributed by atoms with Gasteiger partial charge in [0, 0.05) is 5.56 Å². The number of nitrogens with zero attached hydrogens (tertiary/aromatic N) is 2. The monoisotopic (exact) mass is 355 g/mol. The van der Waals surface area contributed by atoms with Gasteiger partial charge in [-0.25, -0.2) is 9.97 Å². The first-order valence-corrected chi connectivity index (χ1v) is 6.72. The Morgan fingerprint density at radius 3 is 2.44 bits per heavy atom. The normalized spacial score (nSPS) is 10.4. The molecule has 4 nitrogen and oxygen atoms in total. The highest BCUT2D eigenvalue weighted by molar-refractivity contribution is 14.1. The third kappa shape index (κ3) is 2.72. The SMILES string of the molecule is CCOc1ccc(-c2nc(C)c(I)c(N)n2)cc1. The zero-order valence-corrected chi connectivity index (χ0v) is 12.4. The third-order valence-corrected chi connectivity index (χ3v) is 3.80. The number of ether oxygens (including phenoxy) is 1. The number of aromatic nitrogens is 2. The second kappa shape index (κ2) is 5.51. The number of nitrogen functional groups attached to an aromatic ring is 1. The number of benzene rings is 1. The van der Waals surface area contributed by atoms with E-state index in [0.717, 1.165) is 20.6 Å². The van der Waals surface area contributed by atoms with Crippen LogP contribution in [0.2, 0.25) is 0 Å². The fourth-order valence-corrected chi connectivity index (χ4v) is 1.82. The molecule has 1 aromatic carbocycles. The summed E-state index contributed by atoms with van der Waals surface area (Å²) in [6.07, 6.45) is 0. The molecule has 0 saturated heterocycles. The van der Waals surface area contributed by atoms with Gasteiger partial charge in [0.05, 0.1) is 15.9 Å². The van der Waals surface area contributed by atoms with Crippen LogP contribution < -0.4 is 10.5 Å². The molecule has 0 radical (unpaired) electrons. The number of aryl methyl sites for hydroxylation is 1. The van der Waals surface area contributed by atoms with Gasteiger partial charge in [0.15, 0.2) is 5.82 Å². The molecular formula is C13H14IN3O. The summed E-state index contributed by atoms with van der Waals surface area (Å²) in [7, 11) is 0. The molecule has 0 aliphatic carbocycles. The van der Waals surface area contributed by atoms with Crippen molar-refractivity contribution in [3.8, 4) is 17.1 Å². The molecule has 0 saturated carbocycles. The Bertz CT molecular complexity index is 532. The molecule has 0 aliphatic rings. The maximum atomic E-state index is 5.85. The fourth-order valence-electron chi connectivity index (χ4n) is 1.58. The van der Waals surface area contributed by atoms with Gasteiger partial charge in [-0.1, -0.05) is 0 Å². The summed E-state index contributed by atoms with van der Waals surface area (Å²) in [5.74, 6) is 2.01. The molecule has 0 atom stereocenters. The summed E-state index contributed by atoms with van der Waals surface area (Å²) in [4.78, 5) is 8.74. The topological polar surface area (TPSA) is 61.0 Å². The maximum Gasteiger partial charge on any atom is 0.161 e. The average molecular weight is 355 g/mol. The summed E-state index contributed by atoms with van der Waals surface area (Å²) < 4.78 is 6.30. The smallest absolute Gasteiger partial charge is 0.161 e. The standard InChI is InChI=1S/C13H14IN3O/c1-3-18-10-6-4-9(5-7-10)13-16-8(2)11(14)12(15)17-13/h4-7H,3H2,1-2H3,(H2,15,16,17). The lowest BCUT2D eigenvalue weighted by atomic mass is 10.2. The van der Waals surface area contributed by atoms with Crippen molar-refractivity contribution in [2.45, 2.75) is 13.8 Å². The van der Waals surface area contributed by atoms with E-state index in [-0.39, 0.29) is 0 Å². The van der Waals surface area contributed by atoms with E-state index in [1.807, 2.05) is 38.1 Å². The number of anilines is 1. The minimum atomic E-state index is 0.520. The zero-order valence-electron chi connectivity index (χ0n) is 10.3. The van der Waals surface area contributed by atoms with Crippen molar-refractivity contribution in [2.24, 2.45) is 0 Å². The summed E-state index contributed by atoms with van der Waals surface area (Å²) in [6.45, 7) is 4.55. The molecule has 2 aromatic rings. The van der Waals surface area contributed by atoms with Crippen molar-refractivity contribution in [3.05, 3.63) is 33.5 Å². The Labute approximate surface area is 120 Å². The van der Waals surface area contributed by atoms with Crippen LogP contribution in [0.25, 0.3) is 11.4 Å². The van der Waals surface area contributed by atoms with E-state index >= 15 is 0 Å². The van der Waals surface area contributed by atoms with Crippen molar-refractivity contribution in [1.82, 2.24) is 9.97 Å². The van der Waals surface area contributed by atoms with E-state index in [9.17, 15) is 0 Å². The number of nitrogens with two attached hydrogens (primary N) is 1. The minimum Gasteiger partial charge on any atom is -0.494 e. The lowest BCUT2D eigenvalue weighted by Gasteiger charge is -2.07. The average Bonchev–Trinajstić information content (AvgIpc) is 2.37. The van der Waals surface area contributed by atoms with Crippen LogP contribution in [0.15, 0.2) is 24.3 Å². The van der Waals surface area contributed by atoms with Crippen molar-refractivity contribution in [3.63, 3.8) is 0 Å². The number of hydrogen-bond donors (Lipinski definition) is 1. The number of rotatable bonds is 3. The molecule has 0 unspecified atom stereocenters. The summed E-state index contributed by atoms with van der Waals surface area (Å²) in [5, 5.41) is 0. The molecule has 0 aliphatic heterocycles. The van der Waals surface area contributed by atoms with Crippen LogP contribution in [0.1, 0.15) is 12.6 Å². The number of hydrogen-bond acceptors (Lipinski definition) is 4. The van der Waals surface area contributed by atoms with Crippen LogP contribution >= 0.6 is 22.6 Å². The van der Waals surface area contributed by atoms with E-state index in [1.165, 1.54) is 0 Å². The van der Waals surface area contributed by atoms with Crippen molar-refractivity contribution < 1.29 is 4.74 Å². The van der Waals surface area contributed by atoms with Gasteiger partial charge in [-0.3, -0.25) is 0 Å². The van der Waals surface area contributed by atoms with E-state index in [2.05, 4.69) is 32.6 Å². The van der Waals surface area contributed by atoms with Gasteiger partial charge in [0.1, 0.15) is 11.6 Å². The van der Waals surface area contributed by atoms with Crippen LogP contribution in [-0.4, -0.2) is 16.6 Å². The fraction of sp³-hybridized carbons (Fsp3) is 0.231. The highest BCUT2D eigenvalue weighted by Crippen LogP contribution is 2.23. The Balaban J connectivity index is 2.36. The molecule has 0 spiro atoms. The van der Waals surface area contributed by atoms with Crippen LogP contribution in [-0.2, 0) is 0 Å². The van der Waals surface area contributed by atoms with E-state index in [4.69, 9.17) is 10.5 Å².